The number of hydrogen-bond donors (Lipinski definition) is 1. The first-order valence-electron chi connectivity index (χ1n) is 10.3. The molecule has 1 unspecified atom stereocenters. The van der Waals surface area contributed by atoms with Crippen LogP contribution < -0.4 is 5.32 Å². The van der Waals surface area contributed by atoms with E-state index in [9.17, 15) is 9.18 Å². The van der Waals surface area contributed by atoms with Crippen molar-refractivity contribution >= 4 is 5.91 Å². The molecule has 2 saturated heterocycles. The maximum Gasteiger partial charge on any atom is 0.253 e. The van der Waals surface area contributed by atoms with Crippen molar-refractivity contribution < 1.29 is 9.18 Å². The van der Waals surface area contributed by atoms with Crippen LogP contribution in [0.3, 0.4) is 0 Å². The van der Waals surface area contributed by atoms with Crippen molar-refractivity contribution in [3.63, 3.8) is 0 Å². The Labute approximate surface area is 166 Å². The zero-order valence-corrected chi connectivity index (χ0v) is 16.2. The van der Waals surface area contributed by atoms with Gasteiger partial charge in [-0.05, 0) is 49.1 Å². The van der Waals surface area contributed by atoms with Crippen molar-refractivity contribution in [2.75, 3.05) is 39.3 Å². The highest BCUT2D eigenvalue weighted by Crippen LogP contribution is 2.24. The maximum atomic E-state index is 13.9. The molecule has 0 aliphatic carbocycles. The van der Waals surface area contributed by atoms with E-state index in [0.717, 1.165) is 37.3 Å². The number of rotatable bonds is 4. The van der Waals surface area contributed by atoms with Gasteiger partial charge < -0.3 is 10.2 Å². The summed E-state index contributed by atoms with van der Waals surface area (Å²) in [6, 6.07) is 15.1. The highest BCUT2D eigenvalue weighted by molar-refractivity contribution is 5.94. The predicted octanol–water partition coefficient (Wildman–Crippen LogP) is 3.25. The highest BCUT2D eigenvalue weighted by Gasteiger charge is 2.23. The van der Waals surface area contributed by atoms with Crippen LogP contribution >= 0.6 is 0 Å². The van der Waals surface area contributed by atoms with Gasteiger partial charge in [0.05, 0.1) is 0 Å². The summed E-state index contributed by atoms with van der Waals surface area (Å²) < 4.78 is 13.9. The van der Waals surface area contributed by atoms with Gasteiger partial charge in [0, 0.05) is 50.4 Å². The minimum absolute atomic E-state index is 0.108. The standard InChI is InChI=1S/C23H28FN3O/c24-22-9-2-1-5-21(22)17-26-11-13-27(14-12-26)23(28)19-7-3-6-18(15-19)20-8-4-10-25-16-20/h1-3,5-7,9,15,20,25H,4,8,10-14,16-17H2. The van der Waals surface area contributed by atoms with Crippen LogP contribution in [0.4, 0.5) is 4.39 Å². The van der Waals surface area contributed by atoms with Crippen LogP contribution in [0.2, 0.25) is 0 Å². The Morgan fingerprint density at radius 3 is 2.64 bits per heavy atom. The molecule has 4 rings (SSSR count). The van der Waals surface area contributed by atoms with Crippen molar-refractivity contribution in [2.45, 2.75) is 25.3 Å². The normalized spacial score (nSPS) is 20.9. The number of nitrogens with one attached hydrogen (secondary N) is 1. The number of piperidine rings is 1. The molecule has 0 saturated carbocycles. The first kappa shape index (κ1) is 19.1. The molecule has 148 valence electrons. The Balaban J connectivity index is 1.35. The van der Waals surface area contributed by atoms with Crippen molar-refractivity contribution in [1.29, 1.82) is 0 Å². The smallest absolute Gasteiger partial charge is 0.253 e. The van der Waals surface area contributed by atoms with Gasteiger partial charge in [-0.2, -0.15) is 0 Å². The Kier molecular flexibility index (Phi) is 6.03. The molecule has 1 atom stereocenters. The molecule has 2 aliphatic heterocycles. The number of halogens is 1. The molecule has 2 fully saturated rings. The van der Waals surface area contributed by atoms with Crippen LogP contribution in [-0.4, -0.2) is 55.0 Å². The van der Waals surface area contributed by atoms with Crippen molar-refractivity contribution in [2.24, 2.45) is 0 Å². The Bertz CT molecular complexity index is 811. The lowest BCUT2D eigenvalue weighted by atomic mass is 9.90. The molecule has 2 heterocycles. The van der Waals surface area contributed by atoms with Crippen molar-refractivity contribution in [3.05, 3.63) is 71.0 Å². The summed E-state index contributed by atoms with van der Waals surface area (Å²) >= 11 is 0. The summed E-state index contributed by atoms with van der Waals surface area (Å²) in [5.74, 6) is 0.449. The first-order valence-corrected chi connectivity index (χ1v) is 10.3. The van der Waals surface area contributed by atoms with Crippen LogP contribution in [0.1, 0.15) is 40.2 Å². The lowest BCUT2D eigenvalue weighted by Gasteiger charge is -2.35. The average Bonchev–Trinajstić information content (AvgIpc) is 2.76. The van der Waals surface area contributed by atoms with E-state index in [1.807, 2.05) is 29.2 Å². The second-order valence-electron chi connectivity index (χ2n) is 7.83. The Hall–Kier alpha value is -2.24. The SMILES string of the molecule is O=C(c1cccc(C2CCCNC2)c1)N1CCN(Cc2ccccc2F)CC1. The fourth-order valence-corrected chi connectivity index (χ4v) is 4.22. The fraction of sp³-hybridized carbons (Fsp3) is 0.435. The molecule has 1 amide bonds. The predicted molar refractivity (Wildman–Crippen MR) is 109 cm³/mol. The molecule has 1 N–H and O–H groups in total. The summed E-state index contributed by atoms with van der Waals surface area (Å²) in [5, 5.41) is 3.45. The molecule has 0 radical (unpaired) electrons. The molecule has 0 spiro atoms. The lowest BCUT2D eigenvalue weighted by molar-refractivity contribution is 0.0627. The monoisotopic (exact) mass is 381 g/mol. The molecule has 0 bridgehead atoms. The zero-order chi connectivity index (χ0) is 19.3. The maximum absolute atomic E-state index is 13.9. The van der Waals surface area contributed by atoms with E-state index in [4.69, 9.17) is 0 Å². The molecule has 4 nitrogen and oxygen atoms in total. The molecular formula is C23H28FN3O. The van der Waals surface area contributed by atoms with Crippen LogP contribution in [0, 0.1) is 5.82 Å². The van der Waals surface area contributed by atoms with Crippen molar-refractivity contribution in [3.8, 4) is 0 Å². The second kappa shape index (κ2) is 8.84. The molecule has 2 aromatic carbocycles. The van der Waals surface area contributed by atoms with Gasteiger partial charge in [0.1, 0.15) is 5.82 Å². The number of carbonyl (C=O) groups is 1. The van der Waals surface area contributed by atoms with Gasteiger partial charge in [-0.3, -0.25) is 9.69 Å². The number of benzene rings is 2. The largest absolute Gasteiger partial charge is 0.336 e. The van der Waals surface area contributed by atoms with Gasteiger partial charge in [0.15, 0.2) is 0 Å². The Morgan fingerprint density at radius 2 is 1.89 bits per heavy atom. The van der Waals surface area contributed by atoms with Crippen LogP contribution in [0.5, 0.6) is 0 Å². The van der Waals surface area contributed by atoms with Gasteiger partial charge in [-0.1, -0.05) is 30.3 Å². The van der Waals surface area contributed by atoms with E-state index in [0.29, 0.717) is 25.6 Å². The van der Waals surface area contributed by atoms with E-state index in [-0.39, 0.29) is 11.7 Å². The van der Waals surface area contributed by atoms with Gasteiger partial charge >= 0.3 is 0 Å². The van der Waals surface area contributed by atoms with Crippen LogP contribution in [0.15, 0.2) is 48.5 Å². The van der Waals surface area contributed by atoms with Crippen LogP contribution in [0.25, 0.3) is 0 Å². The second-order valence-corrected chi connectivity index (χ2v) is 7.83. The number of nitrogens with zero attached hydrogens (tertiary/aromatic N) is 2. The molecule has 5 heteroatoms. The minimum atomic E-state index is -0.157. The quantitative estimate of drug-likeness (QED) is 0.883. The van der Waals surface area contributed by atoms with Crippen molar-refractivity contribution in [1.82, 2.24) is 15.1 Å². The highest BCUT2D eigenvalue weighted by atomic mass is 19.1. The number of amides is 1. The van der Waals surface area contributed by atoms with E-state index < -0.39 is 0 Å². The summed E-state index contributed by atoms with van der Waals surface area (Å²) in [5.41, 5.74) is 2.76. The van der Waals surface area contributed by atoms with Gasteiger partial charge in [0.2, 0.25) is 0 Å². The number of hydrogen-bond acceptors (Lipinski definition) is 3. The number of piperazine rings is 1. The Morgan fingerprint density at radius 1 is 1.07 bits per heavy atom. The minimum Gasteiger partial charge on any atom is -0.336 e. The summed E-state index contributed by atoms with van der Waals surface area (Å²) in [6.07, 6.45) is 2.37. The van der Waals surface area contributed by atoms with E-state index in [1.54, 1.807) is 6.07 Å². The zero-order valence-electron chi connectivity index (χ0n) is 16.2. The topological polar surface area (TPSA) is 35.6 Å². The molecule has 2 aromatic rings. The fourth-order valence-electron chi connectivity index (χ4n) is 4.22. The molecule has 2 aliphatic rings. The van der Waals surface area contributed by atoms with E-state index in [2.05, 4.69) is 22.3 Å². The van der Waals surface area contributed by atoms with Crippen LogP contribution in [-0.2, 0) is 6.54 Å². The van der Waals surface area contributed by atoms with Gasteiger partial charge in [-0.15, -0.1) is 0 Å². The summed E-state index contributed by atoms with van der Waals surface area (Å²) in [6.45, 7) is 5.58. The summed E-state index contributed by atoms with van der Waals surface area (Å²) in [4.78, 5) is 17.1. The molecule has 0 aromatic heterocycles. The lowest BCUT2D eigenvalue weighted by Crippen LogP contribution is -2.48. The third-order valence-corrected chi connectivity index (χ3v) is 5.91. The summed E-state index contributed by atoms with van der Waals surface area (Å²) in [7, 11) is 0. The first-order chi connectivity index (χ1) is 13.7. The van der Waals surface area contributed by atoms with E-state index >= 15 is 0 Å². The molecule has 28 heavy (non-hydrogen) atoms. The average molecular weight is 381 g/mol. The third-order valence-electron chi connectivity index (χ3n) is 5.91. The number of carbonyl (C=O) groups excluding carboxylic acids is 1. The third kappa shape index (κ3) is 4.42. The van der Waals surface area contributed by atoms with E-state index in [1.165, 1.54) is 24.5 Å². The van der Waals surface area contributed by atoms with Gasteiger partial charge in [-0.25, -0.2) is 4.39 Å². The molecular weight excluding hydrogens is 353 g/mol. The van der Waals surface area contributed by atoms with Gasteiger partial charge in [0.25, 0.3) is 5.91 Å².